The zero-order valence-electron chi connectivity index (χ0n) is 6.16. The van der Waals surface area contributed by atoms with Crippen LogP contribution in [0.5, 0.6) is 5.75 Å². The third-order valence-corrected chi connectivity index (χ3v) is 1.29. The number of anilines is 3. The maximum absolute atomic E-state index is 5.49. The Morgan fingerprint density at radius 3 is 2.55 bits per heavy atom. The normalized spacial score (nSPS) is 9.55. The number of methoxy groups -OCH3 is 1. The number of nitrogens with zero attached hydrogens (tertiary/aromatic N) is 1. The Balaban J connectivity index is 3.24. The van der Waals surface area contributed by atoms with Crippen LogP contribution in [0.4, 0.5) is 17.3 Å². The van der Waals surface area contributed by atoms with Gasteiger partial charge in [0.05, 0.1) is 7.11 Å². The van der Waals surface area contributed by atoms with Crippen LogP contribution < -0.4 is 21.9 Å². The number of hydrogen-bond acceptors (Lipinski definition) is 5. The van der Waals surface area contributed by atoms with Crippen molar-refractivity contribution < 1.29 is 4.74 Å². The molecule has 11 heavy (non-hydrogen) atoms. The first kappa shape index (κ1) is 7.46. The molecule has 0 aliphatic carbocycles. The first-order valence-corrected chi connectivity index (χ1v) is 3.00. The van der Waals surface area contributed by atoms with Gasteiger partial charge in [-0.25, -0.2) is 4.98 Å². The van der Waals surface area contributed by atoms with Crippen molar-refractivity contribution in [3.8, 4) is 5.75 Å². The monoisotopic (exact) mass is 154 g/mol. The minimum atomic E-state index is 0.196. The molecule has 0 atom stereocenters. The van der Waals surface area contributed by atoms with Crippen molar-refractivity contribution in [1.29, 1.82) is 0 Å². The lowest BCUT2D eigenvalue weighted by atomic mass is 10.3. The van der Waals surface area contributed by atoms with Gasteiger partial charge in [-0.1, -0.05) is 0 Å². The summed E-state index contributed by atoms with van der Waals surface area (Å²) in [6.45, 7) is 0. The van der Waals surface area contributed by atoms with E-state index in [2.05, 4.69) is 4.98 Å². The highest BCUT2D eigenvalue weighted by Gasteiger charge is 2.04. The van der Waals surface area contributed by atoms with Gasteiger partial charge in [0.15, 0.2) is 5.82 Å². The van der Waals surface area contributed by atoms with Crippen LogP contribution in [-0.2, 0) is 0 Å². The Labute approximate surface area is 64.1 Å². The quantitative estimate of drug-likeness (QED) is 0.521. The number of ether oxygens (including phenoxy) is 1. The van der Waals surface area contributed by atoms with Crippen LogP contribution in [0.15, 0.2) is 6.07 Å². The van der Waals surface area contributed by atoms with Crippen LogP contribution in [-0.4, -0.2) is 12.1 Å². The second kappa shape index (κ2) is 2.53. The molecule has 6 N–H and O–H groups in total. The maximum atomic E-state index is 5.49. The summed E-state index contributed by atoms with van der Waals surface area (Å²) in [5, 5.41) is 0. The van der Waals surface area contributed by atoms with Gasteiger partial charge in [0, 0.05) is 6.07 Å². The summed E-state index contributed by atoms with van der Waals surface area (Å²) in [5.74, 6) is 0.949. The largest absolute Gasteiger partial charge is 0.494 e. The van der Waals surface area contributed by atoms with E-state index >= 15 is 0 Å². The highest BCUT2D eigenvalue weighted by molar-refractivity contribution is 5.69. The summed E-state index contributed by atoms with van der Waals surface area (Å²) in [6, 6.07) is 1.52. The lowest BCUT2D eigenvalue weighted by Gasteiger charge is -2.06. The first-order valence-electron chi connectivity index (χ1n) is 3.00. The van der Waals surface area contributed by atoms with Gasteiger partial charge in [-0.2, -0.15) is 0 Å². The molecule has 5 heteroatoms. The van der Waals surface area contributed by atoms with Crippen LogP contribution in [0.1, 0.15) is 0 Å². The topological polar surface area (TPSA) is 100 Å². The molecule has 5 nitrogen and oxygen atoms in total. The molecule has 0 aromatic carbocycles. The van der Waals surface area contributed by atoms with E-state index in [1.165, 1.54) is 13.2 Å². The first-order chi connectivity index (χ1) is 5.15. The van der Waals surface area contributed by atoms with Crippen molar-refractivity contribution in [3.05, 3.63) is 6.07 Å². The van der Waals surface area contributed by atoms with Gasteiger partial charge < -0.3 is 21.9 Å². The van der Waals surface area contributed by atoms with Crippen molar-refractivity contribution in [2.75, 3.05) is 24.3 Å². The highest BCUT2D eigenvalue weighted by Crippen LogP contribution is 2.26. The van der Waals surface area contributed by atoms with E-state index < -0.39 is 0 Å². The molecule has 0 spiro atoms. The predicted molar refractivity (Wildman–Crippen MR) is 44.0 cm³/mol. The Morgan fingerprint density at radius 2 is 2.00 bits per heavy atom. The Morgan fingerprint density at radius 1 is 1.36 bits per heavy atom. The predicted octanol–water partition coefficient (Wildman–Crippen LogP) is -0.163. The van der Waals surface area contributed by atoms with Crippen molar-refractivity contribution in [2.24, 2.45) is 0 Å². The molecule has 0 bridgehead atoms. The number of pyridine rings is 1. The average Bonchev–Trinajstić information content (AvgIpc) is 1.96. The van der Waals surface area contributed by atoms with E-state index in [-0.39, 0.29) is 5.82 Å². The number of nitrogen functional groups attached to an aromatic ring is 3. The Kier molecular flexibility index (Phi) is 1.72. The zero-order valence-corrected chi connectivity index (χ0v) is 6.16. The molecule has 0 aliphatic rings. The van der Waals surface area contributed by atoms with Crippen molar-refractivity contribution >= 4 is 17.3 Å². The summed E-state index contributed by atoms with van der Waals surface area (Å²) < 4.78 is 4.88. The second-order valence-corrected chi connectivity index (χ2v) is 2.05. The fourth-order valence-electron chi connectivity index (χ4n) is 0.739. The summed E-state index contributed by atoms with van der Waals surface area (Å²) in [4.78, 5) is 3.73. The molecule has 1 aromatic heterocycles. The van der Waals surface area contributed by atoms with E-state index in [0.29, 0.717) is 17.3 Å². The van der Waals surface area contributed by atoms with E-state index in [9.17, 15) is 0 Å². The summed E-state index contributed by atoms with van der Waals surface area (Å²) >= 11 is 0. The van der Waals surface area contributed by atoms with Gasteiger partial charge in [0.1, 0.15) is 17.3 Å². The molecule has 0 saturated carbocycles. The van der Waals surface area contributed by atoms with Gasteiger partial charge in [-0.3, -0.25) is 0 Å². The smallest absolute Gasteiger partial charge is 0.152 e. The van der Waals surface area contributed by atoms with Crippen LogP contribution in [0.3, 0.4) is 0 Å². The molecule has 0 amide bonds. The molecule has 1 rings (SSSR count). The molecule has 60 valence electrons. The number of aromatic nitrogens is 1. The van der Waals surface area contributed by atoms with Gasteiger partial charge >= 0.3 is 0 Å². The number of rotatable bonds is 1. The molecule has 1 aromatic rings. The van der Waals surface area contributed by atoms with Crippen LogP contribution >= 0.6 is 0 Å². The third-order valence-electron chi connectivity index (χ3n) is 1.29. The second-order valence-electron chi connectivity index (χ2n) is 2.05. The molecular weight excluding hydrogens is 144 g/mol. The molecule has 0 fully saturated rings. The third kappa shape index (κ3) is 1.26. The minimum absolute atomic E-state index is 0.196. The van der Waals surface area contributed by atoms with Gasteiger partial charge in [-0.05, 0) is 0 Å². The minimum Gasteiger partial charge on any atom is -0.494 e. The average molecular weight is 154 g/mol. The van der Waals surface area contributed by atoms with Gasteiger partial charge in [-0.15, -0.1) is 0 Å². The molecule has 1 heterocycles. The maximum Gasteiger partial charge on any atom is 0.152 e. The molecule has 0 saturated heterocycles. The van der Waals surface area contributed by atoms with Crippen molar-refractivity contribution in [1.82, 2.24) is 4.98 Å². The molecule has 0 unspecified atom stereocenters. The fraction of sp³-hybridized carbons (Fsp3) is 0.167. The van der Waals surface area contributed by atoms with Gasteiger partial charge in [0.2, 0.25) is 0 Å². The zero-order chi connectivity index (χ0) is 8.43. The van der Waals surface area contributed by atoms with Gasteiger partial charge in [0.25, 0.3) is 0 Å². The van der Waals surface area contributed by atoms with E-state index in [4.69, 9.17) is 21.9 Å². The fourth-order valence-corrected chi connectivity index (χ4v) is 0.739. The summed E-state index contributed by atoms with van der Waals surface area (Å²) in [5.41, 5.74) is 16.6. The van der Waals surface area contributed by atoms with E-state index in [0.717, 1.165) is 0 Å². The lowest BCUT2D eigenvalue weighted by Crippen LogP contribution is -2.03. The summed E-state index contributed by atoms with van der Waals surface area (Å²) in [7, 11) is 1.49. The molecular formula is C6H10N4O. The molecule has 0 aliphatic heterocycles. The highest BCUT2D eigenvalue weighted by atomic mass is 16.5. The SMILES string of the molecule is COc1cc(N)nc(N)c1N. The van der Waals surface area contributed by atoms with Crippen molar-refractivity contribution in [2.45, 2.75) is 0 Å². The van der Waals surface area contributed by atoms with Crippen LogP contribution in [0.2, 0.25) is 0 Å². The van der Waals surface area contributed by atoms with Crippen molar-refractivity contribution in [3.63, 3.8) is 0 Å². The standard InChI is InChI=1S/C6H10N4O/c1-11-3-2-4(7)10-6(9)5(3)8/h2H,8H2,1H3,(H4,7,9,10). The Hall–Kier alpha value is -1.65. The van der Waals surface area contributed by atoms with Crippen LogP contribution in [0, 0.1) is 0 Å². The number of hydrogen-bond donors (Lipinski definition) is 3. The van der Waals surface area contributed by atoms with E-state index in [1.54, 1.807) is 0 Å². The number of nitrogens with two attached hydrogens (primary N) is 3. The summed E-state index contributed by atoms with van der Waals surface area (Å²) in [6.07, 6.45) is 0. The molecule has 0 radical (unpaired) electrons. The lowest BCUT2D eigenvalue weighted by molar-refractivity contribution is 0.417. The van der Waals surface area contributed by atoms with E-state index in [1.807, 2.05) is 0 Å². The Bertz CT molecular complexity index is 274. The van der Waals surface area contributed by atoms with Crippen LogP contribution in [0.25, 0.3) is 0 Å².